The summed E-state index contributed by atoms with van der Waals surface area (Å²) in [6.45, 7) is 2.17. The zero-order valence-electron chi connectivity index (χ0n) is 19.8. The summed E-state index contributed by atoms with van der Waals surface area (Å²) in [6, 6.07) is 7.23. The summed E-state index contributed by atoms with van der Waals surface area (Å²) in [4.78, 5) is 21.8. The van der Waals surface area contributed by atoms with E-state index in [1.807, 2.05) is 18.2 Å². The molecule has 4 rings (SSSR count). The van der Waals surface area contributed by atoms with Gasteiger partial charge in [-0.25, -0.2) is 9.37 Å². The van der Waals surface area contributed by atoms with Crippen molar-refractivity contribution in [3.05, 3.63) is 54.4 Å². The van der Waals surface area contributed by atoms with Crippen LogP contribution in [0, 0.1) is 23.7 Å². The van der Waals surface area contributed by atoms with Crippen LogP contribution in [-0.2, 0) is 4.79 Å². The molecule has 184 valence electrons. The first-order valence-electron chi connectivity index (χ1n) is 11.9. The first-order chi connectivity index (χ1) is 17.0. The van der Waals surface area contributed by atoms with E-state index in [1.165, 1.54) is 6.26 Å². The minimum atomic E-state index is -1.13. The topological polar surface area (TPSA) is 88.7 Å². The van der Waals surface area contributed by atoms with Gasteiger partial charge in [-0.3, -0.25) is 14.7 Å². The molecular weight excluding hydrogens is 449 g/mol. The van der Waals surface area contributed by atoms with E-state index in [-0.39, 0.29) is 18.3 Å². The molecule has 3 heterocycles. The van der Waals surface area contributed by atoms with Crippen molar-refractivity contribution in [3.8, 4) is 17.6 Å². The van der Waals surface area contributed by atoms with Gasteiger partial charge < -0.3 is 14.3 Å². The van der Waals surface area contributed by atoms with Crippen LogP contribution in [0.3, 0.4) is 0 Å². The number of likely N-dealkylation sites (tertiary alicyclic amines) is 1. The Labute approximate surface area is 204 Å². The number of nitrogens with zero attached hydrogens (tertiary/aromatic N) is 3. The van der Waals surface area contributed by atoms with Gasteiger partial charge >= 0.3 is 5.97 Å². The quantitative estimate of drug-likeness (QED) is 0.438. The molecule has 1 aromatic carbocycles. The molecule has 2 aromatic heterocycles. The largest absolute Gasteiger partial charge is 0.497 e. The van der Waals surface area contributed by atoms with Crippen LogP contribution in [0.4, 0.5) is 4.39 Å². The zero-order valence-corrected chi connectivity index (χ0v) is 19.8. The van der Waals surface area contributed by atoms with Crippen LogP contribution in [0.5, 0.6) is 5.75 Å². The third-order valence-electron chi connectivity index (χ3n) is 6.75. The standard InChI is InChI=1S/C27H30FN3O4/c1-34-21-6-8-25-23(17-21)22(10-12-29-25)24(28)7-4-19-11-15-31(18-20(19)5-9-27(32)33)14-2-3-26-30-13-16-35-26/h6,8,10,12-13,16-17,19-20,24H,4-5,7,9,11,14-15,18H2,1H3,(H,32,33)/t19-,20+,24?/m1/s1. The number of carbonyl (C=O) groups is 1. The molecule has 1 aliphatic rings. The van der Waals surface area contributed by atoms with Crippen LogP contribution in [0.25, 0.3) is 10.9 Å². The first kappa shape index (κ1) is 24.7. The van der Waals surface area contributed by atoms with Crippen LogP contribution in [0.2, 0.25) is 0 Å². The van der Waals surface area contributed by atoms with Gasteiger partial charge in [0.25, 0.3) is 5.89 Å². The van der Waals surface area contributed by atoms with E-state index in [0.29, 0.717) is 43.0 Å². The Kier molecular flexibility index (Phi) is 8.32. The Morgan fingerprint density at radius 2 is 2.17 bits per heavy atom. The highest BCUT2D eigenvalue weighted by Crippen LogP contribution is 2.36. The van der Waals surface area contributed by atoms with Gasteiger partial charge in [0, 0.05) is 24.5 Å². The summed E-state index contributed by atoms with van der Waals surface area (Å²) in [5.41, 5.74) is 1.36. The number of fused-ring (bicyclic) bond motifs is 1. The van der Waals surface area contributed by atoms with Crippen LogP contribution in [0.1, 0.15) is 49.7 Å². The Balaban J connectivity index is 1.39. The molecule has 3 atom stereocenters. The zero-order chi connectivity index (χ0) is 24.6. The molecule has 7 nitrogen and oxygen atoms in total. The monoisotopic (exact) mass is 479 g/mol. The highest BCUT2D eigenvalue weighted by Gasteiger charge is 2.30. The van der Waals surface area contributed by atoms with E-state index in [9.17, 15) is 9.90 Å². The molecule has 0 amide bonds. The number of piperidine rings is 1. The molecule has 35 heavy (non-hydrogen) atoms. The molecule has 1 saturated heterocycles. The van der Waals surface area contributed by atoms with E-state index in [2.05, 4.69) is 26.7 Å². The Hall–Kier alpha value is -3.44. The highest BCUT2D eigenvalue weighted by molar-refractivity contribution is 5.83. The average molecular weight is 480 g/mol. The summed E-state index contributed by atoms with van der Waals surface area (Å²) in [5.74, 6) is 6.70. The molecule has 0 bridgehead atoms. The Bertz CT molecular complexity index is 1190. The second-order valence-corrected chi connectivity index (χ2v) is 8.94. The maximum Gasteiger partial charge on any atom is 0.303 e. The minimum absolute atomic E-state index is 0.116. The van der Waals surface area contributed by atoms with E-state index in [4.69, 9.17) is 9.15 Å². The number of hydrogen-bond acceptors (Lipinski definition) is 6. The molecule has 0 saturated carbocycles. The number of oxazole rings is 1. The second kappa shape index (κ2) is 11.8. The summed E-state index contributed by atoms with van der Waals surface area (Å²) in [7, 11) is 1.59. The highest BCUT2D eigenvalue weighted by atomic mass is 19.1. The van der Waals surface area contributed by atoms with E-state index >= 15 is 4.39 Å². The van der Waals surface area contributed by atoms with E-state index in [0.717, 1.165) is 30.4 Å². The Morgan fingerprint density at radius 3 is 2.94 bits per heavy atom. The third-order valence-corrected chi connectivity index (χ3v) is 6.75. The van der Waals surface area contributed by atoms with Crippen LogP contribution in [0.15, 0.2) is 47.3 Å². The fourth-order valence-corrected chi connectivity index (χ4v) is 4.89. The molecular formula is C27H30FN3O4. The molecule has 0 aliphatic carbocycles. The number of aromatic nitrogens is 2. The van der Waals surface area contributed by atoms with Gasteiger partial charge in [0.2, 0.25) is 0 Å². The number of methoxy groups -OCH3 is 1. The average Bonchev–Trinajstić information content (AvgIpc) is 3.39. The number of carboxylic acid groups (broad SMARTS) is 1. The summed E-state index contributed by atoms with van der Waals surface area (Å²) >= 11 is 0. The molecule has 0 radical (unpaired) electrons. The molecule has 8 heteroatoms. The van der Waals surface area contributed by atoms with E-state index < -0.39 is 12.1 Å². The molecule has 1 unspecified atom stereocenters. The number of carboxylic acids is 1. The molecule has 1 N–H and O–H groups in total. The van der Waals surface area contributed by atoms with Crippen molar-refractivity contribution in [2.45, 2.75) is 38.3 Å². The second-order valence-electron chi connectivity index (χ2n) is 8.94. The SMILES string of the molecule is COc1ccc2nccc(C(F)CC[C@@H]3CCN(CC#Cc4ncco4)C[C@@H]3CCC(=O)O)c2c1. The predicted octanol–water partition coefficient (Wildman–Crippen LogP) is 4.88. The van der Waals surface area contributed by atoms with Gasteiger partial charge in [0.15, 0.2) is 0 Å². The number of pyridine rings is 1. The lowest BCUT2D eigenvalue weighted by Gasteiger charge is -2.38. The normalized spacial score (nSPS) is 19.1. The molecule has 1 fully saturated rings. The number of ether oxygens (including phenoxy) is 1. The van der Waals surface area contributed by atoms with Gasteiger partial charge in [0.1, 0.15) is 18.2 Å². The van der Waals surface area contributed by atoms with E-state index in [1.54, 1.807) is 25.6 Å². The number of alkyl halides is 1. The maximum atomic E-state index is 15.5. The molecule has 0 spiro atoms. The van der Waals surface area contributed by atoms with Gasteiger partial charge in [-0.1, -0.05) is 5.92 Å². The lowest BCUT2D eigenvalue weighted by molar-refractivity contribution is -0.137. The smallest absolute Gasteiger partial charge is 0.303 e. The van der Waals surface area contributed by atoms with Gasteiger partial charge in [-0.05, 0) is 79.8 Å². The van der Waals surface area contributed by atoms with Crippen LogP contribution < -0.4 is 4.74 Å². The fraction of sp³-hybridized carbons (Fsp3) is 0.444. The fourth-order valence-electron chi connectivity index (χ4n) is 4.89. The van der Waals surface area contributed by atoms with Crippen molar-refractivity contribution in [2.75, 3.05) is 26.7 Å². The number of benzene rings is 1. The van der Waals surface area contributed by atoms with Crippen molar-refractivity contribution in [2.24, 2.45) is 11.8 Å². The number of halogens is 1. The Morgan fingerprint density at radius 1 is 1.29 bits per heavy atom. The van der Waals surface area contributed by atoms with Gasteiger partial charge in [0.05, 0.1) is 25.4 Å². The van der Waals surface area contributed by atoms with Crippen molar-refractivity contribution in [3.63, 3.8) is 0 Å². The number of aliphatic carboxylic acids is 1. The molecule has 3 aromatic rings. The predicted molar refractivity (Wildman–Crippen MR) is 130 cm³/mol. The van der Waals surface area contributed by atoms with Gasteiger partial charge in [-0.2, -0.15) is 0 Å². The van der Waals surface area contributed by atoms with Crippen molar-refractivity contribution >= 4 is 16.9 Å². The van der Waals surface area contributed by atoms with Crippen LogP contribution >= 0.6 is 0 Å². The minimum Gasteiger partial charge on any atom is -0.497 e. The van der Waals surface area contributed by atoms with Crippen molar-refractivity contribution < 1.29 is 23.4 Å². The third kappa shape index (κ3) is 6.58. The summed E-state index contributed by atoms with van der Waals surface area (Å²) in [6.07, 6.45) is 6.23. The number of hydrogen-bond donors (Lipinski definition) is 1. The van der Waals surface area contributed by atoms with Crippen molar-refractivity contribution in [1.82, 2.24) is 14.9 Å². The van der Waals surface area contributed by atoms with Crippen LogP contribution in [-0.4, -0.2) is 52.7 Å². The first-order valence-corrected chi connectivity index (χ1v) is 11.9. The van der Waals surface area contributed by atoms with Gasteiger partial charge in [-0.15, -0.1) is 0 Å². The molecule has 1 aliphatic heterocycles. The lowest BCUT2D eigenvalue weighted by Crippen LogP contribution is -2.41. The maximum absolute atomic E-state index is 15.5. The summed E-state index contributed by atoms with van der Waals surface area (Å²) in [5, 5.41) is 9.99. The lowest BCUT2D eigenvalue weighted by atomic mass is 9.79. The summed E-state index contributed by atoms with van der Waals surface area (Å²) < 4.78 is 25.9. The van der Waals surface area contributed by atoms with Crippen molar-refractivity contribution in [1.29, 1.82) is 0 Å². The number of rotatable bonds is 9.